The zero-order chi connectivity index (χ0) is 13.8. The van der Waals surface area contributed by atoms with Gasteiger partial charge in [-0.25, -0.2) is 8.78 Å². The van der Waals surface area contributed by atoms with Crippen molar-refractivity contribution in [3.05, 3.63) is 29.3 Å². The molecule has 104 valence electrons. The van der Waals surface area contributed by atoms with Crippen LogP contribution < -0.4 is 11.1 Å². The third-order valence-electron chi connectivity index (χ3n) is 3.15. The van der Waals surface area contributed by atoms with E-state index in [0.29, 0.717) is 13.2 Å². The Balaban J connectivity index is 2.01. The zero-order valence-corrected chi connectivity index (χ0v) is 10.4. The van der Waals surface area contributed by atoms with Crippen molar-refractivity contribution < 1.29 is 18.3 Å². The van der Waals surface area contributed by atoms with Gasteiger partial charge in [0.2, 0.25) is 0 Å². The van der Waals surface area contributed by atoms with Crippen LogP contribution in [0.15, 0.2) is 12.1 Å². The highest BCUT2D eigenvalue weighted by atomic mass is 19.1. The Hall–Kier alpha value is -1.69. The van der Waals surface area contributed by atoms with Crippen LogP contribution >= 0.6 is 0 Å². The summed E-state index contributed by atoms with van der Waals surface area (Å²) in [5.41, 5.74) is 4.45. The summed E-state index contributed by atoms with van der Waals surface area (Å²) >= 11 is 0. The van der Waals surface area contributed by atoms with Gasteiger partial charge in [-0.3, -0.25) is 4.79 Å². The fourth-order valence-electron chi connectivity index (χ4n) is 2.07. The van der Waals surface area contributed by atoms with Gasteiger partial charge in [0.05, 0.1) is 12.3 Å². The molecule has 1 aliphatic heterocycles. The molecule has 0 saturated carbocycles. The normalized spacial score (nSPS) is 19.2. The first kappa shape index (κ1) is 13.7. The van der Waals surface area contributed by atoms with Crippen LogP contribution in [0.1, 0.15) is 23.2 Å². The molecule has 1 amide bonds. The Labute approximate surface area is 109 Å². The molecule has 0 radical (unpaired) electrons. The maximum absolute atomic E-state index is 13.6. The van der Waals surface area contributed by atoms with Crippen molar-refractivity contribution >= 4 is 11.6 Å². The summed E-state index contributed by atoms with van der Waals surface area (Å²) in [7, 11) is 0. The summed E-state index contributed by atoms with van der Waals surface area (Å²) in [5.74, 6) is -2.53. The van der Waals surface area contributed by atoms with Gasteiger partial charge in [0, 0.05) is 13.2 Å². The predicted molar refractivity (Wildman–Crippen MR) is 66.6 cm³/mol. The van der Waals surface area contributed by atoms with Crippen molar-refractivity contribution in [2.45, 2.75) is 12.8 Å². The SMILES string of the molecule is Nc1ccc(F)c(C(=O)NCC2CCCOC2)c1F. The topological polar surface area (TPSA) is 64.4 Å². The third-order valence-corrected chi connectivity index (χ3v) is 3.15. The number of halogens is 2. The largest absolute Gasteiger partial charge is 0.396 e. The van der Waals surface area contributed by atoms with Crippen molar-refractivity contribution in [3.63, 3.8) is 0 Å². The first-order valence-corrected chi connectivity index (χ1v) is 6.19. The molecule has 1 atom stereocenters. The molecule has 1 unspecified atom stereocenters. The molecule has 19 heavy (non-hydrogen) atoms. The molecule has 0 bridgehead atoms. The number of rotatable bonds is 3. The van der Waals surface area contributed by atoms with Crippen LogP contribution in [0.25, 0.3) is 0 Å². The molecule has 4 nitrogen and oxygen atoms in total. The number of benzene rings is 1. The number of nitrogens with one attached hydrogen (secondary N) is 1. The molecule has 0 spiro atoms. The number of nitrogen functional groups attached to an aromatic ring is 1. The monoisotopic (exact) mass is 270 g/mol. The van der Waals surface area contributed by atoms with E-state index in [0.717, 1.165) is 31.6 Å². The van der Waals surface area contributed by atoms with Gasteiger partial charge < -0.3 is 15.8 Å². The number of anilines is 1. The van der Waals surface area contributed by atoms with Crippen molar-refractivity contribution in [3.8, 4) is 0 Å². The Bertz CT molecular complexity index is 474. The Morgan fingerprint density at radius 2 is 2.26 bits per heavy atom. The number of amides is 1. The minimum absolute atomic E-state index is 0.185. The maximum atomic E-state index is 13.6. The molecule has 1 aromatic rings. The molecule has 6 heteroatoms. The van der Waals surface area contributed by atoms with Crippen molar-refractivity contribution in [1.29, 1.82) is 0 Å². The first-order chi connectivity index (χ1) is 9.09. The van der Waals surface area contributed by atoms with E-state index in [1.807, 2.05) is 0 Å². The van der Waals surface area contributed by atoms with Crippen LogP contribution in [0.2, 0.25) is 0 Å². The minimum atomic E-state index is -1.02. The van der Waals surface area contributed by atoms with Gasteiger partial charge in [0.15, 0.2) is 5.82 Å². The number of hydrogen-bond donors (Lipinski definition) is 2. The molecular weight excluding hydrogens is 254 g/mol. The molecule has 0 aromatic heterocycles. The molecule has 2 rings (SSSR count). The van der Waals surface area contributed by atoms with Gasteiger partial charge in [-0.05, 0) is 30.9 Å². The van der Waals surface area contributed by atoms with E-state index < -0.39 is 23.1 Å². The fraction of sp³-hybridized carbons (Fsp3) is 0.462. The lowest BCUT2D eigenvalue weighted by atomic mass is 10.0. The summed E-state index contributed by atoms with van der Waals surface area (Å²) in [4.78, 5) is 11.8. The second-order valence-electron chi connectivity index (χ2n) is 4.62. The second-order valence-corrected chi connectivity index (χ2v) is 4.62. The van der Waals surface area contributed by atoms with E-state index in [1.54, 1.807) is 0 Å². The average molecular weight is 270 g/mol. The molecule has 1 aromatic carbocycles. The fourth-order valence-corrected chi connectivity index (χ4v) is 2.07. The lowest BCUT2D eigenvalue weighted by Gasteiger charge is -2.22. The second kappa shape index (κ2) is 5.97. The van der Waals surface area contributed by atoms with Crippen LogP contribution in [0.4, 0.5) is 14.5 Å². The average Bonchev–Trinajstić information content (AvgIpc) is 2.42. The van der Waals surface area contributed by atoms with Crippen LogP contribution in [-0.4, -0.2) is 25.7 Å². The summed E-state index contributed by atoms with van der Waals surface area (Å²) in [6.45, 7) is 1.62. The smallest absolute Gasteiger partial charge is 0.257 e. The van der Waals surface area contributed by atoms with Crippen LogP contribution in [-0.2, 0) is 4.74 Å². The maximum Gasteiger partial charge on any atom is 0.257 e. The van der Waals surface area contributed by atoms with Gasteiger partial charge in [0.1, 0.15) is 11.4 Å². The van der Waals surface area contributed by atoms with E-state index in [1.165, 1.54) is 0 Å². The Morgan fingerprint density at radius 1 is 1.47 bits per heavy atom. The Morgan fingerprint density at radius 3 is 2.95 bits per heavy atom. The predicted octanol–water partition coefficient (Wildman–Crippen LogP) is 1.70. The van der Waals surface area contributed by atoms with Crippen molar-refractivity contribution in [2.24, 2.45) is 5.92 Å². The third kappa shape index (κ3) is 3.20. The number of carbonyl (C=O) groups excluding carboxylic acids is 1. The Kier molecular flexibility index (Phi) is 4.31. The number of nitrogens with two attached hydrogens (primary N) is 1. The van der Waals surface area contributed by atoms with Crippen LogP contribution in [0.3, 0.4) is 0 Å². The van der Waals surface area contributed by atoms with E-state index in [9.17, 15) is 13.6 Å². The highest BCUT2D eigenvalue weighted by Gasteiger charge is 2.21. The standard InChI is InChI=1S/C13H16F2N2O2/c14-9-3-4-10(16)12(15)11(9)13(18)17-6-8-2-1-5-19-7-8/h3-4,8H,1-2,5-7,16H2,(H,17,18). The van der Waals surface area contributed by atoms with Gasteiger partial charge in [0.25, 0.3) is 5.91 Å². The molecule has 3 N–H and O–H groups in total. The number of carbonyl (C=O) groups is 1. The summed E-state index contributed by atoms with van der Waals surface area (Å²) in [5, 5.41) is 2.52. The van der Waals surface area contributed by atoms with E-state index in [4.69, 9.17) is 10.5 Å². The van der Waals surface area contributed by atoms with Crippen LogP contribution in [0.5, 0.6) is 0 Å². The summed E-state index contributed by atoms with van der Waals surface area (Å²) in [6, 6.07) is 2.08. The summed E-state index contributed by atoms with van der Waals surface area (Å²) in [6.07, 6.45) is 1.86. The van der Waals surface area contributed by atoms with Gasteiger partial charge in [-0.15, -0.1) is 0 Å². The number of hydrogen-bond acceptors (Lipinski definition) is 3. The van der Waals surface area contributed by atoms with E-state index >= 15 is 0 Å². The summed E-state index contributed by atoms with van der Waals surface area (Å²) < 4.78 is 32.4. The van der Waals surface area contributed by atoms with Gasteiger partial charge >= 0.3 is 0 Å². The number of ether oxygens (including phenoxy) is 1. The molecule has 1 fully saturated rings. The minimum Gasteiger partial charge on any atom is -0.396 e. The highest BCUT2D eigenvalue weighted by Crippen LogP contribution is 2.19. The van der Waals surface area contributed by atoms with E-state index in [-0.39, 0.29) is 11.6 Å². The molecule has 1 heterocycles. The van der Waals surface area contributed by atoms with Crippen LogP contribution in [0, 0.1) is 17.6 Å². The molecule has 0 aliphatic carbocycles. The van der Waals surface area contributed by atoms with E-state index in [2.05, 4.69) is 5.32 Å². The highest BCUT2D eigenvalue weighted by molar-refractivity contribution is 5.95. The van der Waals surface area contributed by atoms with Gasteiger partial charge in [-0.1, -0.05) is 0 Å². The van der Waals surface area contributed by atoms with Crippen molar-refractivity contribution in [2.75, 3.05) is 25.5 Å². The molecule has 1 aliphatic rings. The lowest BCUT2D eigenvalue weighted by molar-refractivity contribution is 0.0535. The van der Waals surface area contributed by atoms with Crippen molar-refractivity contribution in [1.82, 2.24) is 5.32 Å². The molecule has 1 saturated heterocycles. The first-order valence-electron chi connectivity index (χ1n) is 6.19. The molecular formula is C13H16F2N2O2. The van der Waals surface area contributed by atoms with Gasteiger partial charge in [-0.2, -0.15) is 0 Å². The lowest BCUT2D eigenvalue weighted by Crippen LogP contribution is -2.34. The zero-order valence-electron chi connectivity index (χ0n) is 10.4. The quantitative estimate of drug-likeness (QED) is 0.822.